The number of aromatic nitrogens is 2. The standard InChI is InChI=1S/C14H23N3O2/c18-9-3-7-12-6-2-8-17(12)10-13-15-16-14(19-13)11-4-1-5-11/h11-12,18H,1-10H2. The van der Waals surface area contributed by atoms with Gasteiger partial charge in [0.15, 0.2) is 0 Å². The molecule has 0 amide bonds. The van der Waals surface area contributed by atoms with Gasteiger partial charge in [0.1, 0.15) is 0 Å². The van der Waals surface area contributed by atoms with E-state index in [1.807, 2.05) is 0 Å². The molecule has 106 valence electrons. The summed E-state index contributed by atoms with van der Waals surface area (Å²) in [5.74, 6) is 2.12. The fraction of sp³-hybridized carbons (Fsp3) is 0.857. The predicted octanol–water partition coefficient (Wildman–Crippen LogP) is 2.07. The minimum atomic E-state index is 0.288. The molecule has 1 aromatic rings. The highest BCUT2D eigenvalue weighted by molar-refractivity contribution is 4.96. The van der Waals surface area contributed by atoms with E-state index in [1.54, 1.807) is 0 Å². The highest BCUT2D eigenvalue weighted by Gasteiger charge is 2.28. The topological polar surface area (TPSA) is 62.4 Å². The van der Waals surface area contributed by atoms with E-state index >= 15 is 0 Å². The lowest BCUT2D eigenvalue weighted by Crippen LogP contribution is -2.29. The Morgan fingerprint density at radius 2 is 2.11 bits per heavy atom. The van der Waals surface area contributed by atoms with E-state index in [2.05, 4.69) is 15.1 Å². The van der Waals surface area contributed by atoms with Gasteiger partial charge in [-0.25, -0.2) is 0 Å². The second-order valence-corrected chi connectivity index (χ2v) is 5.79. The number of aliphatic hydroxyl groups excluding tert-OH is 1. The second kappa shape index (κ2) is 6.01. The maximum Gasteiger partial charge on any atom is 0.230 e. The summed E-state index contributed by atoms with van der Waals surface area (Å²) < 4.78 is 5.79. The first kappa shape index (κ1) is 13.1. The van der Waals surface area contributed by atoms with E-state index in [4.69, 9.17) is 9.52 Å². The van der Waals surface area contributed by atoms with Gasteiger partial charge >= 0.3 is 0 Å². The monoisotopic (exact) mass is 265 g/mol. The Balaban J connectivity index is 1.55. The van der Waals surface area contributed by atoms with Crippen LogP contribution in [0, 0.1) is 0 Å². The zero-order valence-corrected chi connectivity index (χ0v) is 11.4. The van der Waals surface area contributed by atoms with Crippen molar-refractivity contribution in [3.8, 4) is 0 Å². The van der Waals surface area contributed by atoms with Gasteiger partial charge in [-0.05, 0) is 45.1 Å². The lowest BCUT2D eigenvalue weighted by molar-refractivity contribution is 0.192. The van der Waals surface area contributed by atoms with E-state index in [-0.39, 0.29) is 6.61 Å². The van der Waals surface area contributed by atoms with Gasteiger partial charge in [-0.3, -0.25) is 4.90 Å². The van der Waals surface area contributed by atoms with E-state index < -0.39 is 0 Å². The van der Waals surface area contributed by atoms with Crippen LogP contribution in [0.3, 0.4) is 0 Å². The van der Waals surface area contributed by atoms with Crippen LogP contribution >= 0.6 is 0 Å². The van der Waals surface area contributed by atoms with Crippen molar-refractivity contribution in [2.45, 2.75) is 63.5 Å². The van der Waals surface area contributed by atoms with E-state index in [0.29, 0.717) is 12.0 Å². The zero-order chi connectivity index (χ0) is 13.1. The van der Waals surface area contributed by atoms with Crippen LogP contribution in [0.25, 0.3) is 0 Å². The van der Waals surface area contributed by atoms with Crippen molar-refractivity contribution in [3.05, 3.63) is 11.8 Å². The summed E-state index contributed by atoms with van der Waals surface area (Å²) in [4.78, 5) is 2.42. The summed E-state index contributed by atoms with van der Waals surface area (Å²) in [5, 5.41) is 17.3. The van der Waals surface area contributed by atoms with Gasteiger partial charge in [0.2, 0.25) is 11.8 Å². The third-order valence-electron chi connectivity index (χ3n) is 4.47. The van der Waals surface area contributed by atoms with Gasteiger partial charge in [0, 0.05) is 18.6 Å². The molecule has 5 heteroatoms. The van der Waals surface area contributed by atoms with Crippen molar-refractivity contribution < 1.29 is 9.52 Å². The molecule has 1 atom stereocenters. The van der Waals surface area contributed by atoms with Crippen LogP contribution < -0.4 is 0 Å². The summed E-state index contributed by atoms with van der Waals surface area (Å²) in [6, 6.07) is 0.575. The molecule has 19 heavy (non-hydrogen) atoms. The van der Waals surface area contributed by atoms with Gasteiger partial charge in [-0.1, -0.05) is 6.42 Å². The Bertz CT molecular complexity index is 403. The van der Waals surface area contributed by atoms with Gasteiger partial charge in [0.25, 0.3) is 0 Å². The van der Waals surface area contributed by atoms with Crippen molar-refractivity contribution in [1.82, 2.24) is 15.1 Å². The lowest BCUT2D eigenvalue weighted by atomic mass is 9.85. The molecule has 1 aliphatic carbocycles. The van der Waals surface area contributed by atoms with Crippen LogP contribution in [-0.4, -0.2) is 39.4 Å². The molecular formula is C14H23N3O2. The van der Waals surface area contributed by atoms with Crippen molar-refractivity contribution >= 4 is 0 Å². The van der Waals surface area contributed by atoms with E-state index in [1.165, 1.54) is 32.1 Å². The Morgan fingerprint density at radius 1 is 1.21 bits per heavy atom. The summed E-state index contributed by atoms with van der Waals surface area (Å²) in [7, 11) is 0. The average molecular weight is 265 g/mol. The molecule has 0 bridgehead atoms. The van der Waals surface area contributed by atoms with Crippen LogP contribution in [0.4, 0.5) is 0 Å². The molecule has 2 fully saturated rings. The first-order chi connectivity index (χ1) is 9.36. The minimum Gasteiger partial charge on any atom is -0.424 e. The molecule has 2 heterocycles. The number of rotatable bonds is 6. The SMILES string of the molecule is OCCCC1CCCN1Cc1nnc(C2CCC2)o1. The maximum atomic E-state index is 8.94. The predicted molar refractivity (Wildman–Crippen MR) is 70.6 cm³/mol. The third kappa shape index (κ3) is 2.98. The fourth-order valence-corrected chi connectivity index (χ4v) is 3.08. The maximum absolute atomic E-state index is 8.94. The molecule has 5 nitrogen and oxygen atoms in total. The molecule has 1 saturated heterocycles. The number of likely N-dealkylation sites (tertiary alicyclic amines) is 1. The highest BCUT2D eigenvalue weighted by Crippen LogP contribution is 2.35. The molecule has 1 saturated carbocycles. The van der Waals surface area contributed by atoms with Gasteiger partial charge < -0.3 is 9.52 Å². The molecular weight excluding hydrogens is 242 g/mol. The van der Waals surface area contributed by atoms with Crippen molar-refractivity contribution in [2.75, 3.05) is 13.2 Å². The van der Waals surface area contributed by atoms with Gasteiger partial charge in [0.05, 0.1) is 6.54 Å². The average Bonchev–Trinajstić information content (AvgIpc) is 2.95. The molecule has 3 rings (SSSR count). The first-order valence-electron chi connectivity index (χ1n) is 7.54. The molecule has 1 unspecified atom stereocenters. The molecule has 1 aliphatic heterocycles. The van der Waals surface area contributed by atoms with Crippen molar-refractivity contribution in [3.63, 3.8) is 0 Å². The van der Waals surface area contributed by atoms with E-state index in [9.17, 15) is 0 Å². The van der Waals surface area contributed by atoms with Crippen LogP contribution in [-0.2, 0) is 6.54 Å². The first-order valence-corrected chi connectivity index (χ1v) is 7.54. The summed E-state index contributed by atoms with van der Waals surface area (Å²) >= 11 is 0. The Morgan fingerprint density at radius 3 is 2.84 bits per heavy atom. The Labute approximate surface area is 114 Å². The lowest BCUT2D eigenvalue weighted by Gasteiger charge is -2.23. The number of hydrogen-bond donors (Lipinski definition) is 1. The normalized spacial score (nSPS) is 24.8. The third-order valence-corrected chi connectivity index (χ3v) is 4.47. The zero-order valence-electron chi connectivity index (χ0n) is 11.4. The Hall–Kier alpha value is -0.940. The molecule has 2 aliphatic rings. The minimum absolute atomic E-state index is 0.288. The number of nitrogens with zero attached hydrogens (tertiary/aromatic N) is 3. The fourth-order valence-electron chi connectivity index (χ4n) is 3.08. The molecule has 1 aromatic heterocycles. The summed E-state index contributed by atoms with van der Waals surface area (Å²) in [5.41, 5.74) is 0. The van der Waals surface area contributed by atoms with Crippen molar-refractivity contribution in [2.24, 2.45) is 0 Å². The van der Waals surface area contributed by atoms with Crippen LogP contribution in [0.1, 0.15) is 62.6 Å². The van der Waals surface area contributed by atoms with Crippen LogP contribution in [0.15, 0.2) is 4.42 Å². The highest BCUT2D eigenvalue weighted by atomic mass is 16.4. The molecule has 0 spiro atoms. The summed E-state index contributed by atoms with van der Waals surface area (Å²) in [6.45, 7) is 2.17. The van der Waals surface area contributed by atoms with Gasteiger partial charge in [-0.2, -0.15) is 0 Å². The Kier molecular flexibility index (Phi) is 4.13. The summed E-state index contributed by atoms with van der Waals surface area (Å²) in [6.07, 6.45) is 8.11. The van der Waals surface area contributed by atoms with Crippen LogP contribution in [0.2, 0.25) is 0 Å². The molecule has 0 aromatic carbocycles. The van der Waals surface area contributed by atoms with E-state index in [0.717, 1.165) is 37.7 Å². The largest absolute Gasteiger partial charge is 0.424 e. The number of aliphatic hydroxyl groups is 1. The smallest absolute Gasteiger partial charge is 0.230 e. The molecule has 1 N–H and O–H groups in total. The van der Waals surface area contributed by atoms with Crippen molar-refractivity contribution in [1.29, 1.82) is 0 Å². The van der Waals surface area contributed by atoms with Gasteiger partial charge in [-0.15, -0.1) is 10.2 Å². The number of hydrogen-bond acceptors (Lipinski definition) is 5. The second-order valence-electron chi connectivity index (χ2n) is 5.79. The quantitative estimate of drug-likeness (QED) is 0.853. The molecule has 0 radical (unpaired) electrons. The van der Waals surface area contributed by atoms with Crippen LogP contribution in [0.5, 0.6) is 0 Å².